The van der Waals surface area contributed by atoms with Crippen LogP contribution in [0.3, 0.4) is 0 Å². The number of amides is 1. The molecule has 0 fully saturated rings. The molecule has 126 valence electrons. The van der Waals surface area contributed by atoms with Crippen molar-refractivity contribution in [3.05, 3.63) is 83.1 Å². The first-order valence-corrected chi connectivity index (χ1v) is 7.96. The molecule has 0 atom stereocenters. The topological polar surface area (TPSA) is 71.2 Å². The lowest BCUT2D eigenvalue weighted by Crippen LogP contribution is -2.17. The van der Waals surface area contributed by atoms with E-state index in [1.165, 1.54) is 6.07 Å². The van der Waals surface area contributed by atoms with Crippen LogP contribution in [0.15, 0.2) is 66.9 Å². The highest BCUT2D eigenvalue weighted by Gasteiger charge is 2.16. The van der Waals surface area contributed by atoms with Gasteiger partial charge in [0.05, 0.1) is 11.3 Å². The molecule has 0 aliphatic heterocycles. The van der Waals surface area contributed by atoms with Gasteiger partial charge in [0.1, 0.15) is 5.75 Å². The van der Waals surface area contributed by atoms with Crippen molar-refractivity contribution in [3.63, 3.8) is 0 Å². The monoisotopic (exact) mass is 354 g/mol. The van der Waals surface area contributed by atoms with Crippen molar-refractivity contribution in [2.75, 3.05) is 11.9 Å². The van der Waals surface area contributed by atoms with Crippen LogP contribution < -0.4 is 10.1 Å². The SMILES string of the molecule is O=C(COc1ccc(Cl)cc1C(=O)Nc1ccccc1)c1ccc[nH]1. The quantitative estimate of drug-likeness (QED) is 0.652. The second kappa shape index (κ2) is 7.68. The first-order chi connectivity index (χ1) is 12.1. The average Bonchev–Trinajstić information content (AvgIpc) is 3.16. The molecule has 0 saturated heterocycles. The molecule has 0 aliphatic carbocycles. The molecule has 2 N–H and O–H groups in total. The summed E-state index contributed by atoms with van der Waals surface area (Å²) in [5.41, 5.74) is 1.36. The van der Waals surface area contributed by atoms with E-state index in [9.17, 15) is 9.59 Å². The van der Waals surface area contributed by atoms with E-state index < -0.39 is 0 Å². The number of hydrogen-bond donors (Lipinski definition) is 2. The maximum Gasteiger partial charge on any atom is 0.259 e. The van der Waals surface area contributed by atoms with Crippen LogP contribution in [0.1, 0.15) is 20.8 Å². The Hall–Kier alpha value is -3.05. The van der Waals surface area contributed by atoms with Crippen LogP contribution in [0.25, 0.3) is 0 Å². The van der Waals surface area contributed by atoms with E-state index in [-0.39, 0.29) is 29.6 Å². The Balaban J connectivity index is 1.76. The van der Waals surface area contributed by atoms with Gasteiger partial charge in [0.15, 0.2) is 6.61 Å². The first-order valence-electron chi connectivity index (χ1n) is 7.59. The van der Waals surface area contributed by atoms with Gasteiger partial charge in [-0.15, -0.1) is 0 Å². The molecule has 5 nitrogen and oxygen atoms in total. The minimum absolute atomic E-state index is 0.187. The van der Waals surface area contributed by atoms with Crippen molar-refractivity contribution in [2.45, 2.75) is 0 Å². The van der Waals surface area contributed by atoms with Crippen LogP contribution in [0.4, 0.5) is 5.69 Å². The van der Waals surface area contributed by atoms with Crippen LogP contribution in [0, 0.1) is 0 Å². The lowest BCUT2D eigenvalue weighted by molar-refractivity contribution is 0.0910. The summed E-state index contributed by atoms with van der Waals surface area (Å²) >= 11 is 6.00. The minimum Gasteiger partial charge on any atom is -0.485 e. The summed E-state index contributed by atoms with van der Waals surface area (Å²) in [5, 5.41) is 3.18. The van der Waals surface area contributed by atoms with Gasteiger partial charge in [-0.3, -0.25) is 9.59 Å². The number of nitrogens with one attached hydrogen (secondary N) is 2. The van der Waals surface area contributed by atoms with Gasteiger partial charge in [-0.05, 0) is 42.5 Å². The van der Waals surface area contributed by atoms with E-state index in [4.69, 9.17) is 16.3 Å². The zero-order valence-corrected chi connectivity index (χ0v) is 13.9. The molecule has 0 radical (unpaired) electrons. The van der Waals surface area contributed by atoms with Gasteiger partial charge in [-0.1, -0.05) is 29.8 Å². The van der Waals surface area contributed by atoms with Crippen molar-refractivity contribution in [1.29, 1.82) is 0 Å². The normalized spacial score (nSPS) is 10.3. The van der Waals surface area contributed by atoms with E-state index >= 15 is 0 Å². The summed E-state index contributed by atoms with van der Waals surface area (Å²) in [7, 11) is 0. The molecule has 1 aromatic heterocycles. The standard InChI is InChI=1S/C19H15ClN2O3/c20-13-8-9-18(25-12-17(23)16-7-4-10-21-16)15(11-13)19(24)22-14-5-2-1-3-6-14/h1-11,21H,12H2,(H,22,24). The number of anilines is 1. The van der Waals surface area contributed by atoms with Gasteiger partial charge in [0, 0.05) is 16.9 Å². The number of aromatic nitrogens is 1. The van der Waals surface area contributed by atoms with Gasteiger partial charge in [0.25, 0.3) is 5.91 Å². The molecule has 3 rings (SSSR count). The lowest BCUT2D eigenvalue weighted by Gasteiger charge is -2.12. The Labute approximate surface area is 149 Å². The molecule has 6 heteroatoms. The number of aromatic amines is 1. The molecule has 0 spiro atoms. The number of halogens is 1. The molecule has 0 aliphatic rings. The van der Waals surface area contributed by atoms with E-state index in [2.05, 4.69) is 10.3 Å². The van der Waals surface area contributed by atoms with Crippen LogP contribution >= 0.6 is 11.6 Å². The Morgan fingerprint density at radius 1 is 1.04 bits per heavy atom. The summed E-state index contributed by atoms with van der Waals surface area (Å²) in [6.45, 7) is -0.187. The lowest BCUT2D eigenvalue weighted by atomic mass is 10.1. The number of para-hydroxylation sites is 1. The number of carbonyl (C=O) groups excluding carboxylic acids is 2. The molecular formula is C19H15ClN2O3. The molecule has 0 bridgehead atoms. The van der Waals surface area contributed by atoms with Crippen LogP contribution in [0.5, 0.6) is 5.75 Å². The summed E-state index contributed by atoms with van der Waals surface area (Å²) in [6, 6.07) is 17.1. The second-order valence-corrected chi connectivity index (χ2v) is 5.69. The largest absolute Gasteiger partial charge is 0.485 e. The van der Waals surface area contributed by atoms with E-state index in [0.29, 0.717) is 16.4 Å². The van der Waals surface area contributed by atoms with Gasteiger partial charge in [-0.25, -0.2) is 0 Å². The molecule has 0 saturated carbocycles. The molecule has 1 amide bonds. The smallest absolute Gasteiger partial charge is 0.259 e. The van der Waals surface area contributed by atoms with Crippen molar-refractivity contribution < 1.29 is 14.3 Å². The fourth-order valence-corrected chi connectivity index (χ4v) is 2.42. The highest BCUT2D eigenvalue weighted by Crippen LogP contribution is 2.24. The van der Waals surface area contributed by atoms with Gasteiger partial charge in [0.2, 0.25) is 5.78 Å². The fourth-order valence-electron chi connectivity index (χ4n) is 2.25. The first kappa shape index (κ1) is 16.8. The van der Waals surface area contributed by atoms with Crippen LogP contribution in [-0.2, 0) is 0 Å². The van der Waals surface area contributed by atoms with E-state index in [1.54, 1.807) is 42.6 Å². The zero-order valence-electron chi connectivity index (χ0n) is 13.2. The third-order valence-electron chi connectivity index (χ3n) is 3.48. The third-order valence-corrected chi connectivity index (χ3v) is 3.71. The number of benzene rings is 2. The number of carbonyl (C=O) groups is 2. The predicted octanol–water partition coefficient (Wildman–Crippen LogP) is 4.18. The molecule has 0 unspecified atom stereocenters. The molecule has 25 heavy (non-hydrogen) atoms. The fraction of sp³-hybridized carbons (Fsp3) is 0.0526. The van der Waals surface area contributed by atoms with Crippen molar-refractivity contribution in [1.82, 2.24) is 4.98 Å². The van der Waals surface area contributed by atoms with Crippen molar-refractivity contribution >= 4 is 29.0 Å². The summed E-state index contributed by atoms with van der Waals surface area (Å²) in [4.78, 5) is 27.4. The van der Waals surface area contributed by atoms with Gasteiger partial charge >= 0.3 is 0 Å². The van der Waals surface area contributed by atoms with Crippen molar-refractivity contribution in [3.8, 4) is 5.75 Å². The number of ketones is 1. The zero-order chi connectivity index (χ0) is 17.6. The molecule has 1 heterocycles. The van der Waals surface area contributed by atoms with E-state index in [0.717, 1.165) is 0 Å². The van der Waals surface area contributed by atoms with Crippen LogP contribution in [-0.4, -0.2) is 23.3 Å². The Kier molecular flexibility index (Phi) is 5.16. The van der Waals surface area contributed by atoms with Crippen LogP contribution in [0.2, 0.25) is 5.02 Å². The second-order valence-electron chi connectivity index (χ2n) is 5.26. The van der Waals surface area contributed by atoms with Crippen molar-refractivity contribution in [2.24, 2.45) is 0 Å². The Morgan fingerprint density at radius 2 is 1.84 bits per heavy atom. The predicted molar refractivity (Wildman–Crippen MR) is 96.5 cm³/mol. The Morgan fingerprint density at radius 3 is 2.56 bits per heavy atom. The van der Waals surface area contributed by atoms with E-state index in [1.807, 2.05) is 18.2 Å². The highest BCUT2D eigenvalue weighted by atomic mass is 35.5. The summed E-state index contributed by atoms with van der Waals surface area (Å²) < 4.78 is 5.55. The minimum atomic E-state index is -0.365. The highest BCUT2D eigenvalue weighted by molar-refractivity contribution is 6.31. The number of rotatable bonds is 6. The number of hydrogen-bond acceptors (Lipinski definition) is 3. The average molecular weight is 355 g/mol. The van der Waals surface area contributed by atoms with Gasteiger partial charge in [-0.2, -0.15) is 0 Å². The number of ether oxygens (including phenoxy) is 1. The molecule has 3 aromatic rings. The summed E-state index contributed by atoms with van der Waals surface area (Å²) in [6.07, 6.45) is 1.66. The number of H-pyrrole nitrogens is 1. The Bertz CT molecular complexity index is 877. The van der Waals surface area contributed by atoms with Gasteiger partial charge < -0.3 is 15.0 Å². The third kappa shape index (κ3) is 4.28. The molecule has 2 aromatic carbocycles. The summed E-state index contributed by atoms with van der Waals surface area (Å²) in [5.74, 6) is -0.289. The number of Topliss-reactive ketones (excluding diaryl/α,β-unsaturated/α-hetero) is 1. The maximum atomic E-state index is 12.5. The molecular weight excluding hydrogens is 340 g/mol. The maximum absolute atomic E-state index is 12.5.